The molecular formula is C15H17F2N3O4. The van der Waals surface area contributed by atoms with Gasteiger partial charge in [-0.2, -0.15) is 5.10 Å². The van der Waals surface area contributed by atoms with Gasteiger partial charge in [0.05, 0.1) is 25.1 Å². The zero-order valence-corrected chi connectivity index (χ0v) is 13.2. The van der Waals surface area contributed by atoms with Crippen LogP contribution in [0, 0.1) is 0 Å². The Morgan fingerprint density at radius 3 is 2.79 bits per heavy atom. The molecule has 9 heteroatoms. The SMILES string of the molecule is CCOC(=O)c1cnn(CC(=O)N[C@@H](C)c2ccco2)c1C(F)F. The van der Waals surface area contributed by atoms with Crippen LogP contribution in [0.25, 0.3) is 0 Å². The highest BCUT2D eigenvalue weighted by Gasteiger charge is 2.26. The molecule has 1 N–H and O–H groups in total. The second-order valence-corrected chi connectivity index (χ2v) is 4.93. The van der Waals surface area contributed by atoms with Gasteiger partial charge in [-0.25, -0.2) is 13.6 Å². The number of nitrogens with one attached hydrogen (secondary N) is 1. The molecule has 1 atom stereocenters. The average Bonchev–Trinajstić information content (AvgIpc) is 3.16. The molecule has 2 aromatic rings. The Morgan fingerprint density at radius 1 is 1.46 bits per heavy atom. The van der Waals surface area contributed by atoms with E-state index in [-0.39, 0.29) is 12.2 Å². The number of esters is 1. The van der Waals surface area contributed by atoms with Crippen molar-refractivity contribution in [3.05, 3.63) is 41.6 Å². The van der Waals surface area contributed by atoms with Crippen LogP contribution in [0.5, 0.6) is 0 Å². The third-order valence-electron chi connectivity index (χ3n) is 3.22. The van der Waals surface area contributed by atoms with Gasteiger partial charge in [-0.05, 0) is 26.0 Å². The van der Waals surface area contributed by atoms with Gasteiger partial charge in [-0.3, -0.25) is 9.48 Å². The maximum atomic E-state index is 13.2. The monoisotopic (exact) mass is 341 g/mol. The van der Waals surface area contributed by atoms with Crippen molar-refractivity contribution in [2.24, 2.45) is 0 Å². The number of hydrogen-bond donors (Lipinski definition) is 1. The molecule has 0 aromatic carbocycles. The summed E-state index contributed by atoms with van der Waals surface area (Å²) >= 11 is 0. The van der Waals surface area contributed by atoms with E-state index in [1.807, 2.05) is 0 Å². The largest absolute Gasteiger partial charge is 0.467 e. The molecule has 0 aliphatic rings. The first-order valence-corrected chi connectivity index (χ1v) is 7.27. The summed E-state index contributed by atoms with van der Waals surface area (Å²) in [5.74, 6) is -0.909. The number of nitrogens with zero attached hydrogens (tertiary/aromatic N) is 2. The van der Waals surface area contributed by atoms with Crippen LogP contribution in [0.4, 0.5) is 8.78 Å². The number of carbonyl (C=O) groups is 2. The van der Waals surface area contributed by atoms with Crippen LogP contribution >= 0.6 is 0 Å². The minimum Gasteiger partial charge on any atom is -0.467 e. The second-order valence-electron chi connectivity index (χ2n) is 4.93. The maximum Gasteiger partial charge on any atom is 0.341 e. The van der Waals surface area contributed by atoms with Gasteiger partial charge >= 0.3 is 5.97 Å². The molecule has 1 amide bonds. The van der Waals surface area contributed by atoms with Crippen LogP contribution in [-0.4, -0.2) is 28.3 Å². The summed E-state index contributed by atoms with van der Waals surface area (Å²) in [5, 5.41) is 6.31. The molecule has 0 saturated carbocycles. The Kier molecular flexibility index (Phi) is 5.67. The number of hydrogen-bond acceptors (Lipinski definition) is 5. The first-order chi connectivity index (χ1) is 11.4. The van der Waals surface area contributed by atoms with E-state index in [4.69, 9.17) is 9.15 Å². The zero-order chi connectivity index (χ0) is 17.7. The van der Waals surface area contributed by atoms with Crippen LogP contribution in [-0.2, 0) is 16.1 Å². The molecule has 0 fully saturated rings. The third kappa shape index (κ3) is 3.98. The molecule has 0 spiro atoms. The van der Waals surface area contributed by atoms with Gasteiger partial charge in [0.25, 0.3) is 6.43 Å². The third-order valence-corrected chi connectivity index (χ3v) is 3.22. The van der Waals surface area contributed by atoms with Crippen molar-refractivity contribution in [2.45, 2.75) is 32.9 Å². The zero-order valence-electron chi connectivity index (χ0n) is 13.2. The van der Waals surface area contributed by atoms with Gasteiger partial charge in [0.2, 0.25) is 5.91 Å². The van der Waals surface area contributed by atoms with E-state index in [2.05, 4.69) is 10.4 Å². The normalized spacial score (nSPS) is 12.2. The number of ether oxygens (including phenoxy) is 1. The minimum absolute atomic E-state index is 0.0494. The molecule has 0 radical (unpaired) electrons. The van der Waals surface area contributed by atoms with Crippen molar-refractivity contribution < 1.29 is 27.5 Å². The number of rotatable bonds is 7. The lowest BCUT2D eigenvalue weighted by Gasteiger charge is -2.13. The predicted molar refractivity (Wildman–Crippen MR) is 78.4 cm³/mol. The number of amides is 1. The van der Waals surface area contributed by atoms with Gasteiger partial charge in [-0.15, -0.1) is 0 Å². The van der Waals surface area contributed by atoms with Crippen molar-refractivity contribution in [1.82, 2.24) is 15.1 Å². The first-order valence-electron chi connectivity index (χ1n) is 7.27. The van der Waals surface area contributed by atoms with Gasteiger partial charge in [-0.1, -0.05) is 0 Å². The highest BCUT2D eigenvalue weighted by atomic mass is 19.3. The molecule has 2 rings (SSSR count). The summed E-state index contributed by atoms with van der Waals surface area (Å²) in [5.41, 5.74) is -0.993. The van der Waals surface area contributed by atoms with Crippen molar-refractivity contribution in [3.8, 4) is 0 Å². The average molecular weight is 341 g/mol. The summed E-state index contributed by atoms with van der Waals surface area (Å²) in [6.07, 6.45) is -0.531. The van der Waals surface area contributed by atoms with Crippen LogP contribution in [0.15, 0.2) is 29.0 Å². The molecule has 24 heavy (non-hydrogen) atoms. The van der Waals surface area contributed by atoms with Gasteiger partial charge in [0, 0.05) is 0 Å². The van der Waals surface area contributed by atoms with Gasteiger partial charge in [0.1, 0.15) is 23.6 Å². The molecule has 0 saturated heterocycles. The van der Waals surface area contributed by atoms with Crippen molar-refractivity contribution in [3.63, 3.8) is 0 Å². The predicted octanol–water partition coefficient (Wildman–Crippen LogP) is 2.47. The van der Waals surface area contributed by atoms with Crippen LogP contribution in [0.1, 0.15) is 48.1 Å². The van der Waals surface area contributed by atoms with Crippen molar-refractivity contribution in [1.29, 1.82) is 0 Å². The van der Waals surface area contributed by atoms with E-state index in [0.717, 1.165) is 10.9 Å². The molecule has 0 unspecified atom stereocenters. The lowest BCUT2D eigenvalue weighted by atomic mass is 10.2. The van der Waals surface area contributed by atoms with Crippen LogP contribution in [0.2, 0.25) is 0 Å². The first kappa shape index (κ1) is 17.6. The second kappa shape index (κ2) is 7.71. The lowest BCUT2D eigenvalue weighted by molar-refractivity contribution is -0.122. The van der Waals surface area contributed by atoms with Crippen LogP contribution < -0.4 is 5.32 Å². The lowest BCUT2D eigenvalue weighted by Crippen LogP contribution is -2.31. The van der Waals surface area contributed by atoms with E-state index in [1.165, 1.54) is 6.26 Å². The standard InChI is InChI=1S/C15H17F2N3O4/c1-3-23-15(22)10-7-18-20(13(10)14(16)17)8-12(21)19-9(2)11-5-4-6-24-11/h4-7,9,14H,3,8H2,1-2H3,(H,19,21)/t9-/m0/s1. The number of carbonyl (C=O) groups excluding carboxylic acids is 2. The fourth-order valence-electron chi connectivity index (χ4n) is 2.15. The Morgan fingerprint density at radius 2 is 2.21 bits per heavy atom. The quantitative estimate of drug-likeness (QED) is 0.782. The Labute approximate surface area is 136 Å². The van der Waals surface area contributed by atoms with Gasteiger partial charge < -0.3 is 14.5 Å². The summed E-state index contributed by atoms with van der Waals surface area (Å²) in [4.78, 5) is 23.7. The Hall–Kier alpha value is -2.71. The molecule has 2 aromatic heterocycles. The maximum absolute atomic E-state index is 13.2. The summed E-state index contributed by atoms with van der Waals surface area (Å²) in [7, 11) is 0. The van der Waals surface area contributed by atoms with Crippen molar-refractivity contribution >= 4 is 11.9 Å². The molecule has 0 aliphatic carbocycles. The minimum atomic E-state index is -2.97. The number of halogens is 2. The van der Waals surface area contributed by atoms with Crippen LogP contribution in [0.3, 0.4) is 0 Å². The van der Waals surface area contributed by atoms with E-state index in [0.29, 0.717) is 5.76 Å². The molecule has 2 heterocycles. The molecular weight excluding hydrogens is 324 g/mol. The number of aromatic nitrogens is 2. The molecule has 0 aliphatic heterocycles. The fourth-order valence-corrected chi connectivity index (χ4v) is 2.15. The topological polar surface area (TPSA) is 86.4 Å². The highest BCUT2D eigenvalue weighted by Crippen LogP contribution is 2.23. The number of alkyl halides is 2. The smallest absolute Gasteiger partial charge is 0.341 e. The molecule has 130 valence electrons. The van der Waals surface area contributed by atoms with E-state index >= 15 is 0 Å². The summed E-state index contributed by atoms with van der Waals surface area (Å²) < 4.78 is 37.1. The van der Waals surface area contributed by atoms with E-state index in [1.54, 1.807) is 26.0 Å². The number of furan rings is 1. The van der Waals surface area contributed by atoms with Crippen molar-refractivity contribution in [2.75, 3.05) is 6.61 Å². The fraction of sp³-hybridized carbons (Fsp3) is 0.400. The van der Waals surface area contributed by atoms with E-state index < -0.39 is 36.6 Å². The van der Waals surface area contributed by atoms with E-state index in [9.17, 15) is 18.4 Å². The molecule has 0 bridgehead atoms. The highest BCUT2D eigenvalue weighted by molar-refractivity contribution is 5.90. The van der Waals surface area contributed by atoms with Gasteiger partial charge in [0.15, 0.2) is 0 Å². The summed E-state index contributed by atoms with van der Waals surface area (Å²) in [6, 6.07) is 2.93. The Balaban J connectivity index is 2.11. The molecule has 7 nitrogen and oxygen atoms in total. The summed E-state index contributed by atoms with van der Waals surface area (Å²) in [6.45, 7) is 2.85. The Bertz CT molecular complexity index is 698.